The van der Waals surface area contributed by atoms with Crippen LogP contribution in [0.2, 0.25) is 0 Å². The van der Waals surface area contributed by atoms with Crippen molar-refractivity contribution in [3.8, 4) is 0 Å². The summed E-state index contributed by atoms with van der Waals surface area (Å²) in [5.41, 5.74) is 3.46. The van der Waals surface area contributed by atoms with Crippen LogP contribution in [0.4, 0.5) is 0 Å². The molecule has 3 nitrogen and oxygen atoms in total. The number of carbonyl (C=O) groups is 1. The number of carboxylic acids is 1. The highest BCUT2D eigenvalue weighted by atomic mass is 16.4. The van der Waals surface area contributed by atoms with Gasteiger partial charge in [-0.2, -0.15) is 0 Å². The highest BCUT2D eigenvalue weighted by Gasteiger charge is 1.94. The van der Waals surface area contributed by atoms with Gasteiger partial charge in [-0.1, -0.05) is 0 Å². The molecule has 0 bridgehead atoms. The number of hydrogen-bond acceptors (Lipinski definition) is 2. The monoisotopic (exact) mass is 103 g/mol. The van der Waals surface area contributed by atoms with E-state index in [1.54, 1.807) is 6.92 Å². The summed E-state index contributed by atoms with van der Waals surface area (Å²) in [5.74, 6) is -1.03. The van der Waals surface area contributed by atoms with Crippen molar-refractivity contribution < 1.29 is 15.6 Å². The lowest BCUT2D eigenvalue weighted by Gasteiger charge is -1.99. The smallest absolute Gasteiger partial charge is 0.0867 e. The maximum atomic E-state index is 9.66. The van der Waals surface area contributed by atoms with Gasteiger partial charge in [0.2, 0.25) is 0 Å². The Morgan fingerprint density at radius 3 is 2.43 bits per heavy atom. The normalized spacial score (nSPS) is 13.4. The van der Waals surface area contributed by atoms with E-state index in [-0.39, 0.29) is 12.5 Å². The van der Waals surface area contributed by atoms with Crippen LogP contribution in [0, 0.1) is 0 Å². The fourth-order valence-corrected chi connectivity index (χ4v) is 0.285. The van der Waals surface area contributed by atoms with Crippen LogP contribution in [-0.2, 0) is 4.79 Å². The second-order valence-corrected chi connectivity index (χ2v) is 1.68. The van der Waals surface area contributed by atoms with Crippen molar-refractivity contribution >= 4 is 5.97 Å². The van der Waals surface area contributed by atoms with Crippen molar-refractivity contribution in [1.82, 2.24) is 0 Å². The molecule has 0 aliphatic carbocycles. The minimum Gasteiger partial charge on any atom is -0.550 e. The molecule has 1 atom stereocenters. The molecule has 3 N–H and O–H groups in total. The molecule has 7 heavy (non-hydrogen) atoms. The first-order valence-corrected chi connectivity index (χ1v) is 2.16. The Balaban J connectivity index is 3.13. The predicted octanol–water partition coefficient (Wildman–Crippen LogP) is -2.24. The molecule has 0 spiro atoms. The average molecular weight is 103 g/mol. The van der Waals surface area contributed by atoms with Crippen molar-refractivity contribution in [2.45, 2.75) is 19.4 Å². The molecule has 0 heterocycles. The highest BCUT2D eigenvalue weighted by molar-refractivity contribution is 5.64. The summed E-state index contributed by atoms with van der Waals surface area (Å²) in [6.45, 7) is 1.73. The maximum Gasteiger partial charge on any atom is 0.0867 e. The minimum atomic E-state index is -1.03. The third-order valence-electron chi connectivity index (χ3n) is 0.515. The summed E-state index contributed by atoms with van der Waals surface area (Å²) in [6.07, 6.45) is 0.0556. The predicted molar refractivity (Wildman–Crippen MR) is 22.0 cm³/mol. The van der Waals surface area contributed by atoms with Gasteiger partial charge in [-0.05, 0) is 6.92 Å². The number of quaternary nitrogens is 1. The second kappa shape index (κ2) is 2.58. The van der Waals surface area contributed by atoms with Gasteiger partial charge < -0.3 is 15.6 Å². The Morgan fingerprint density at radius 1 is 2.00 bits per heavy atom. The molecular formula is C4H9NO2. The summed E-state index contributed by atoms with van der Waals surface area (Å²) < 4.78 is 0. The number of carbonyl (C=O) groups excluding carboxylic acids is 1. The highest BCUT2D eigenvalue weighted by Crippen LogP contribution is 1.76. The Hall–Kier alpha value is -0.570. The van der Waals surface area contributed by atoms with Crippen LogP contribution in [0.1, 0.15) is 13.3 Å². The molecule has 0 saturated carbocycles. The molecule has 3 heteroatoms. The van der Waals surface area contributed by atoms with Crippen molar-refractivity contribution in [3.63, 3.8) is 0 Å². The first-order chi connectivity index (χ1) is 3.13. The van der Waals surface area contributed by atoms with Crippen molar-refractivity contribution in [3.05, 3.63) is 0 Å². The van der Waals surface area contributed by atoms with E-state index in [1.165, 1.54) is 0 Å². The molecule has 0 radical (unpaired) electrons. The topological polar surface area (TPSA) is 67.8 Å². The summed E-state index contributed by atoms with van der Waals surface area (Å²) in [6, 6.07) is -0.0370. The lowest BCUT2D eigenvalue weighted by atomic mass is 10.3. The fraction of sp³-hybridized carbons (Fsp3) is 0.750. The van der Waals surface area contributed by atoms with Gasteiger partial charge in [-0.3, -0.25) is 0 Å². The second-order valence-electron chi connectivity index (χ2n) is 1.68. The lowest BCUT2D eigenvalue weighted by Crippen LogP contribution is -2.60. The largest absolute Gasteiger partial charge is 0.550 e. The van der Waals surface area contributed by atoms with Gasteiger partial charge in [-0.15, -0.1) is 0 Å². The van der Waals surface area contributed by atoms with Crippen molar-refractivity contribution in [1.29, 1.82) is 0 Å². The summed E-state index contributed by atoms with van der Waals surface area (Å²) >= 11 is 0. The molecule has 0 unspecified atom stereocenters. The van der Waals surface area contributed by atoms with E-state index in [1.807, 2.05) is 0 Å². The number of carboxylic acid groups (broad SMARTS) is 1. The summed E-state index contributed by atoms with van der Waals surface area (Å²) in [5, 5.41) is 9.66. The first kappa shape index (κ1) is 6.43. The summed E-state index contributed by atoms with van der Waals surface area (Å²) in [4.78, 5) is 9.66. The fourth-order valence-electron chi connectivity index (χ4n) is 0.285. The Bertz CT molecular complexity index is 70.1. The third kappa shape index (κ3) is 5.43. The zero-order chi connectivity index (χ0) is 5.86. The number of aliphatic carboxylic acids is 1. The average Bonchev–Trinajstić information content (AvgIpc) is 1.27. The van der Waals surface area contributed by atoms with E-state index in [2.05, 4.69) is 5.73 Å². The van der Waals surface area contributed by atoms with Gasteiger partial charge in [0.25, 0.3) is 0 Å². The van der Waals surface area contributed by atoms with E-state index in [0.717, 1.165) is 0 Å². The molecule has 0 aliphatic rings. The van der Waals surface area contributed by atoms with Crippen LogP contribution in [0.3, 0.4) is 0 Å². The molecule has 0 rings (SSSR count). The van der Waals surface area contributed by atoms with Gasteiger partial charge in [0, 0.05) is 12.4 Å². The van der Waals surface area contributed by atoms with Crippen LogP contribution in [-0.4, -0.2) is 12.0 Å². The Kier molecular flexibility index (Phi) is 2.37. The van der Waals surface area contributed by atoms with E-state index in [9.17, 15) is 9.90 Å². The summed E-state index contributed by atoms with van der Waals surface area (Å²) in [7, 11) is 0. The number of hydrogen-bond donors (Lipinski definition) is 1. The van der Waals surface area contributed by atoms with Crippen LogP contribution in [0.15, 0.2) is 0 Å². The molecule has 0 aromatic rings. The molecular weight excluding hydrogens is 94.0 g/mol. The van der Waals surface area contributed by atoms with Gasteiger partial charge in [0.15, 0.2) is 0 Å². The SMILES string of the molecule is C[C@H]([NH3+])CC(=O)[O-]. The lowest BCUT2D eigenvalue weighted by molar-refractivity contribution is -0.418. The standard InChI is InChI=1S/C4H9NO2/c1-3(5)2-4(6)7/h3H,2,5H2,1H3,(H,6,7)/t3-/m0/s1. The van der Waals surface area contributed by atoms with Gasteiger partial charge >= 0.3 is 0 Å². The molecule has 0 aromatic heterocycles. The zero-order valence-electron chi connectivity index (χ0n) is 4.31. The van der Waals surface area contributed by atoms with E-state index in [0.29, 0.717) is 0 Å². The maximum absolute atomic E-state index is 9.66. The van der Waals surface area contributed by atoms with E-state index >= 15 is 0 Å². The first-order valence-electron chi connectivity index (χ1n) is 2.16. The zero-order valence-corrected chi connectivity index (χ0v) is 4.31. The Morgan fingerprint density at radius 2 is 2.43 bits per heavy atom. The van der Waals surface area contributed by atoms with Crippen LogP contribution >= 0.6 is 0 Å². The Labute approximate surface area is 42.1 Å². The minimum absolute atomic E-state index is 0.0370. The third-order valence-corrected chi connectivity index (χ3v) is 0.515. The van der Waals surface area contributed by atoms with Crippen molar-refractivity contribution in [2.24, 2.45) is 0 Å². The molecule has 42 valence electrons. The molecule has 0 aromatic carbocycles. The van der Waals surface area contributed by atoms with Gasteiger partial charge in [0.1, 0.15) is 0 Å². The van der Waals surface area contributed by atoms with Crippen LogP contribution in [0.5, 0.6) is 0 Å². The van der Waals surface area contributed by atoms with E-state index < -0.39 is 5.97 Å². The molecule has 0 aliphatic heterocycles. The van der Waals surface area contributed by atoms with Crippen LogP contribution < -0.4 is 10.8 Å². The molecule has 0 fully saturated rings. The molecule has 0 saturated heterocycles. The number of rotatable bonds is 2. The molecule has 0 amide bonds. The van der Waals surface area contributed by atoms with Crippen molar-refractivity contribution in [2.75, 3.05) is 0 Å². The quantitative estimate of drug-likeness (QED) is 0.429. The van der Waals surface area contributed by atoms with Gasteiger partial charge in [-0.25, -0.2) is 0 Å². The van der Waals surface area contributed by atoms with Gasteiger partial charge in [0.05, 0.1) is 6.04 Å². The van der Waals surface area contributed by atoms with Crippen LogP contribution in [0.25, 0.3) is 0 Å². The van der Waals surface area contributed by atoms with E-state index in [4.69, 9.17) is 0 Å².